The molecular weight excluding hydrogens is 245 g/mol. The standard InChI is InChI=1S/C8H9F3N2O2S/c9-8(10,11)16(14,15)7-3-1-2-6(4-7)5-13-12/h1-4,13H,5,12H2. The molecule has 1 aromatic carbocycles. The normalized spacial score (nSPS) is 12.8. The van der Waals surface area contributed by atoms with Crippen molar-refractivity contribution < 1.29 is 21.6 Å². The number of rotatable bonds is 3. The summed E-state index contributed by atoms with van der Waals surface area (Å²) in [6.45, 7) is 0.0845. The lowest BCUT2D eigenvalue weighted by Gasteiger charge is -2.09. The van der Waals surface area contributed by atoms with E-state index >= 15 is 0 Å². The molecule has 0 aliphatic rings. The SMILES string of the molecule is NNCc1cccc(S(=O)(=O)C(F)(F)F)c1. The van der Waals surface area contributed by atoms with Crippen molar-refractivity contribution in [1.82, 2.24) is 5.43 Å². The smallest absolute Gasteiger partial charge is 0.271 e. The zero-order valence-corrected chi connectivity index (χ0v) is 8.77. The Balaban J connectivity index is 3.20. The second-order valence-electron chi connectivity index (χ2n) is 2.98. The van der Waals surface area contributed by atoms with Crippen LogP contribution in [-0.2, 0) is 16.4 Å². The minimum Gasteiger partial charge on any atom is -0.271 e. The first-order valence-electron chi connectivity index (χ1n) is 4.13. The summed E-state index contributed by atoms with van der Waals surface area (Å²) in [5.41, 5.74) is -2.71. The van der Waals surface area contributed by atoms with E-state index in [0.717, 1.165) is 12.1 Å². The lowest BCUT2D eigenvalue weighted by atomic mass is 10.2. The van der Waals surface area contributed by atoms with Crippen LogP contribution < -0.4 is 11.3 Å². The van der Waals surface area contributed by atoms with Gasteiger partial charge in [0.25, 0.3) is 9.84 Å². The van der Waals surface area contributed by atoms with E-state index in [9.17, 15) is 21.6 Å². The highest BCUT2D eigenvalue weighted by Crippen LogP contribution is 2.30. The van der Waals surface area contributed by atoms with Crippen LogP contribution in [0.5, 0.6) is 0 Å². The van der Waals surface area contributed by atoms with Crippen molar-refractivity contribution in [3.8, 4) is 0 Å². The molecule has 8 heteroatoms. The Morgan fingerprint density at radius 3 is 2.44 bits per heavy atom. The van der Waals surface area contributed by atoms with Crippen LogP contribution in [0.15, 0.2) is 29.2 Å². The Kier molecular flexibility index (Phi) is 3.56. The summed E-state index contributed by atoms with van der Waals surface area (Å²) in [5.74, 6) is 4.98. The van der Waals surface area contributed by atoms with E-state index in [2.05, 4.69) is 5.43 Å². The first kappa shape index (κ1) is 12.9. The molecule has 0 bridgehead atoms. The van der Waals surface area contributed by atoms with E-state index in [0.29, 0.717) is 5.56 Å². The largest absolute Gasteiger partial charge is 0.501 e. The Hall–Kier alpha value is -1.12. The monoisotopic (exact) mass is 254 g/mol. The first-order chi connectivity index (χ1) is 7.29. The van der Waals surface area contributed by atoms with Crippen LogP contribution >= 0.6 is 0 Å². The van der Waals surface area contributed by atoms with Crippen LogP contribution in [0.1, 0.15) is 5.56 Å². The average molecular weight is 254 g/mol. The minimum absolute atomic E-state index is 0.0845. The van der Waals surface area contributed by atoms with E-state index in [1.807, 2.05) is 0 Å². The van der Waals surface area contributed by atoms with Gasteiger partial charge in [0.05, 0.1) is 4.90 Å². The molecule has 1 aromatic rings. The molecule has 0 unspecified atom stereocenters. The minimum atomic E-state index is -5.29. The summed E-state index contributed by atoms with van der Waals surface area (Å²) >= 11 is 0. The number of halogens is 3. The molecule has 0 radical (unpaired) electrons. The Labute approximate surface area is 90.1 Å². The van der Waals surface area contributed by atoms with E-state index in [-0.39, 0.29) is 6.54 Å². The molecular formula is C8H9F3N2O2S. The second kappa shape index (κ2) is 4.40. The van der Waals surface area contributed by atoms with Crippen LogP contribution in [0, 0.1) is 0 Å². The summed E-state index contributed by atoms with van der Waals surface area (Å²) in [6.07, 6.45) is 0. The molecule has 0 atom stereocenters. The second-order valence-corrected chi connectivity index (χ2v) is 4.92. The molecule has 90 valence electrons. The molecule has 0 aliphatic carbocycles. The molecule has 0 amide bonds. The molecule has 0 fully saturated rings. The van der Waals surface area contributed by atoms with Gasteiger partial charge in [-0.05, 0) is 17.7 Å². The van der Waals surface area contributed by atoms with E-state index < -0.39 is 20.2 Å². The fourth-order valence-electron chi connectivity index (χ4n) is 1.07. The summed E-state index contributed by atoms with van der Waals surface area (Å²) in [5, 5.41) is 0. The summed E-state index contributed by atoms with van der Waals surface area (Å²) in [6, 6.07) is 4.52. The maximum atomic E-state index is 12.2. The third-order valence-corrected chi connectivity index (χ3v) is 3.30. The maximum absolute atomic E-state index is 12.2. The van der Waals surface area contributed by atoms with Gasteiger partial charge in [0.1, 0.15) is 0 Å². The van der Waals surface area contributed by atoms with Crippen LogP contribution in [0.4, 0.5) is 13.2 Å². The van der Waals surface area contributed by atoms with Gasteiger partial charge in [0.15, 0.2) is 0 Å². The van der Waals surface area contributed by atoms with Crippen molar-refractivity contribution in [2.24, 2.45) is 5.84 Å². The van der Waals surface area contributed by atoms with Crippen LogP contribution in [0.25, 0.3) is 0 Å². The lowest BCUT2D eigenvalue weighted by Crippen LogP contribution is -2.24. The van der Waals surface area contributed by atoms with Crippen LogP contribution in [0.3, 0.4) is 0 Å². The Bertz CT molecular complexity index is 470. The van der Waals surface area contributed by atoms with Crippen molar-refractivity contribution >= 4 is 9.84 Å². The van der Waals surface area contributed by atoms with Crippen LogP contribution in [-0.4, -0.2) is 13.9 Å². The third kappa shape index (κ3) is 2.52. The highest BCUT2D eigenvalue weighted by atomic mass is 32.2. The van der Waals surface area contributed by atoms with Crippen LogP contribution in [0.2, 0.25) is 0 Å². The molecule has 0 aliphatic heterocycles. The fraction of sp³-hybridized carbons (Fsp3) is 0.250. The highest BCUT2D eigenvalue weighted by Gasteiger charge is 2.46. The number of alkyl halides is 3. The highest BCUT2D eigenvalue weighted by molar-refractivity contribution is 7.92. The Morgan fingerprint density at radius 1 is 1.31 bits per heavy atom. The summed E-state index contributed by atoms with van der Waals surface area (Å²) < 4.78 is 58.7. The molecule has 4 nitrogen and oxygen atoms in total. The van der Waals surface area contributed by atoms with Gasteiger partial charge >= 0.3 is 5.51 Å². The molecule has 0 aromatic heterocycles. The van der Waals surface area contributed by atoms with E-state index in [4.69, 9.17) is 5.84 Å². The topological polar surface area (TPSA) is 72.2 Å². The van der Waals surface area contributed by atoms with Gasteiger partial charge in [0, 0.05) is 6.54 Å². The van der Waals surface area contributed by atoms with E-state index in [1.54, 1.807) is 0 Å². The quantitative estimate of drug-likeness (QED) is 0.622. The van der Waals surface area contributed by atoms with Crippen molar-refractivity contribution in [1.29, 1.82) is 0 Å². The molecule has 3 N–H and O–H groups in total. The molecule has 16 heavy (non-hydrogen) atoms. The number of hydrogen-bond donors (Lipinski definition) is 2. The summed E-state index contributed by atoms with van der Waals surface area (Å²) in [7, 11) is -5.29. The van der Waals surface area contributed by atoms with Gasteiger partial charge in [-0.3, -0.25) is 11.3 Å². The molecule has 0 saturated carbocycles. The molecule has 0 spiro atoms. The zero-order chi connectivity index (χ0) is 12.4. The molecule has 0 heterocycles. The Morgan fingerprint density at radius 2 is 1.94 bits per heavy atom. The van der Waals surface area contributed by atoms with Crippen molar-refractivity contribution in [2.75, 3.05) is 0 Å². The number of sulfone groups is 1. The maximum Gasteiger partial charge on any atom is 0.501 e. The van der Waals surface area contributed by atoms with Gasteiger partial charge in [-0.1, -0.05) is 12.1 Å². The zero-order valence-electron chi connectivity index (χ0n) is 7.95. The number of benzene rings is 1. The van der Waals surface area contributed by atoms with Crippen molar-refractivity contribution in [2.45, 2.75) is 16.9 Å². The predicted molar refractivity (Wildman–Crippen MR) is 50.7 cm³/mol. The van der Waals surface area contributed by atoms with Crippen molar-refractivity contribution in [3.05, 3.63) is 29.8 Å². The van der Waals surface area contributed by atoms with Crippen molar-refractivity contribution in [3.63, 3.8) is 0 Å². The number of nitrogens with one attached hydrogen (secondary N) is 1. The van der Waals surface area contributed by atoms with Gasteiger partial charge in [-0.15, -0.1) is 0 Å². The number of hydrazine groups is 1. The fourth-order valence-corrected chi connectivity index (χ4v) is 1.91. The lowest BCUT2D eigenvalue weighted by molar-refractivity contribution is -0.0436. The average Bonchev–Trinajstić information content (AvgIpc) is 2.17. The molecule has 0 saturated heterocycles. The van der Waals surface area contributed by atoms with Gasteiger partial charge in [0.2, 0.25) is 0 Å². The number of hydrogen-bond acceptors (Lipinski definition) is 4. The summed E-state index contributed by atoms with van der Waals surface area (Å²) in [4.78, 5) is -0.784. The first-order valence-corrected chi connectivity index (χ1v) is 5.61. The predicted octanol–water partition coefficient (Wildman–Crippen LogP) is 0.943. The van der Waals surface area contributed by atoms with Gasteiger partial charge in [-0.25, -0.2) is 8.42 Å². The van der Waals surface area contributed by atoms with E-state index in [1.165, 1.54) is 12.1 Å². The number of nitrogens with two attached hydrogens (primary N) is 1. The molecule has 1 rings (SSSR count). The van der Waals surface area contributed by atoms with Gasteiger partial charge < -0.3 is 0 Å². The van der Waals surface area contributed by atoms with Gasteiger partial charge in [-0.2, -0.15) is 13.2 Å². The third-order valence-electron chi connectivity index (χ3n) is 1.82.